The number of phenolic OH excluding ortho intramolecular Hbond substituents is 1. The minimum atomic E-state index is -0.340. The van der Waals surface area contributed by atoms with E-state index in [1.807, 2.05) is 24.3 Å². The number of nitrogens with zero attached hydrogens (tertiary/aromatic N) is 2. The summed E-state index contributed by atoms with van der Waals surface area (Å²) in [6, 6.07) is 15.1. The van der Waals surface area contributed by atoms with Gasteiger partial charge in [-0.15, -0.1) is 0 Å². The van der Waals surface area contributed by atoms with Gasteiger partial charge in [-0.3, -0.25) is 0 Å². The first-order chi connectivity index (χ1) is 19.4. The van der Waals surface area contributed by atoms with Gasteiger partial charge in [0.25, 0.3) is 0 Å². The Morgan fingerprint density at radius 2 is 1.62 bits per heavy atom. The first kappa shape index (κ1) is 29.5. The van der Waals surface area contributed by atoms with Crippen molar-refractivity contribution in [3.05, 3.63) is 76.6 Å². The molecule has 40 heavy (non-hydrogen) atoms. The maximum absolute atomic E-state index is 15.0. The van der Waals surface area contributed by atoms with Crippen LogP contribution in [0.5, 0.6) is 23.0 Å². The van der Waals surface area contributed by atoms with E-state index in [0.717, 1.165) is 56.7 Å². The fraction of sp³-hybridized carbons (Fsp3) is 0.455. The van der Waals surface area contributed by atoms with Gasteiger partial charge in [-0.25, -0.2) is 4.39 Å². The van der Waals surface area contributed by atoms with Crippen molar-refractivity contribution in [2.24, 2.45) is 0 Å². The zero-order valence-electron chi connectivity index (χ0n) is 24.5. The van der Waals surface area contributed by atoms with Crippen molar-refractivity contribution in [2.45, 2.75) is 52.5 Å². The lowest BCUT2D eigenvalue weighted by atomic mass is 9.79. The molecular weight excluding hydrogens is 507 g/mol. The van der Waals surface area contributed by atoms with E-state index in [1.54, 1.807) is 32.4 Å². The van der Waals surface area contributed by atoms with E-state index in [-0.39, 0.29) is 17.5 Å². The number of aryl methyl sites for hydroxylation is 1. The van der Waals surface area contributed by atoms with E-state index in [1.165, 1.54) is 16.7 Å². The monoisotopic (exact) mass is 550 g/mol. The van der Waals surface area contributed by atoms with E-state index >= 15 is 4.39 Å². The van der Waals surface area contributed by atoms with Gasteiger partial charge in [0.05, 0.1) is 14.2 Å². The number of methoxy groups -OCH3 is 2. The van der Waals surface area contributed by atoms with Crippen LogP contribution < -0.4 is 19.1 Å². The van der Waals surface area contributed by atoms with Gasteiger partial charge in [0, 0.05) is 31.4 Å². The number of anilines is 1. The van der Waals surface area contributed by atoms with Crippen LogP contribution in [-0.4, -0.2) is 57.0 Å². The van der Waals surface area contributed by atoms with Crippen molar-refractivity contribution < 1.29 is 23.7 Å². The molecule has 1 aliphatic rings. The third-order valence-corrected chi connectivity index (χ3v) is 8.04. The molecule has 1 unspecified atom stereocenters. The Kier molecular flexibility index (Phi) is 10.2. The molecule has 0 saturated heterocycles. The summed E-state index contributed by atoms with van der Waals surface area (Å²) in [7, 11) is 3.31. The number of likely N-dealkylation sites (N-methyl/N-ethyl adjacent to an activating group) is 1. The lowest BCUT2D eigenvalue weighted by molar-refractivity contribution is 0.217. The van der Waals surface area contributed by atoms with Crippen molar-refractivity contribution in [2.75, 3.05) is 51.9 Å². The zero-order chi connectivity index (χ0) is 28.6. The molecule has 0 bridgehead atoms. The van der Waals surface area contributed by atoms with Crippen LogP contribution in [0.15, 0.2) is 48.5 Å². The van der Waals surface area contributed by atoms with Crippen LogP contribution in [0.25, 0.3) is 0 Å². The molecule has 6 nitrogen and oxygen atoms in total. The van der Waals surface area contributed by atoms with Gasteiger partial charge in [0.2, 0.25) is 0 Å². The molecule has 1 N–H and O–H groups in total. The van der Waals surface area contributed by atoms with E-state index < -0.39 is 0 Å². The highest BCUT2D eigenvalue weighted by Crippen LogP contribution is 2.43. The second-order valence-corrected chi connectivity index (χ2v) is 10.3. The fourth-order valence-corrected chi connectivity index (χ4v) is 5.66. The van der Waals surface area contributed by atoms with Crippen LogP contribution in [0, 0.1) is 5.82 Å². The predicted molar refractivity (Wildman–Crippen MR) is 159 cm³/mol. The molecule has 0 radical (unpaired) electrons. The highest BCUT2D eigenvalue weighted by molar-refractivity contribution is 5.64. The molecule has 0 spiro atoms. The van der Waals surface area contributed by atoms with Crippen molar-refractivity contribution in [1.82, 2.24) is 4.90 Å². The summed E-state index contributed by atoms with van der Waals surface area (Å²) >= 11 is 0. The normalized spacial score (nSPS) is 14.6. The molecule has 0 saturated carbocycles. The second kappa shape index (κ2) is 13.8. The highest BCUT2D eigenvalue weighted by Gasteiger charge is 2.26. The molecule has 0 fully saturated rings. The molecule has 1 aliphatic carbocycles. The minimum absolute atomic E-state index is 0.277. The van der Waals surface area contributed by atoms with Gasteiger partial charge >= 0.3 is 0 Å². The third kappa shape index (κ3) is 6.81. The summed E-state index contributed by atoms with van der Waals surface area (Å²) in [6.45, 7) is 10.7. The van der Waals surface area contributed by atoms with E-state index in [4.69, 9.17) is 14.2 Å². The number of benzene rings is 3. The van der Waals surface area contributed by atoms with Gasteiger partial charge in [0.15, 0.2) is 23.1 Å². The SMILES string of the molecule is CCN(CC)CCOc1ccc(CN(CC)c2cc(OC)c(OC)cc2C2CCc3cc(O)ccc3C2)cc1F. The molecule has 0 aliphatic heterocycles. The molecule has 4 rings (SSSR count). The Morgan fingerprint density at radius 1 is 0.875 bits per heavy atom. The van der Waals surface area contributed by atoms with Crippen LogP contribution >= 0.6 is 0 Å². The number of fused-ring (bicyclic) bond motifs is 1. The predicted octanol–water partition coefficient (Wildman–Crippen LogP) is 6.57. The summed E-state index contributed by atoms with van der Waals surface area (Å²) in [4.78, 5) is 4.51. The smallest absolute Gasteiger partial charge is 0.165 e. The molecule has 0 aromatic heterocycles. The maximum Gasteiger partial charge on any atom is 0.165 e. The number of hydrogen-bond donors (Lipinski definition) is 1. The standard InChI is InChI=1S/C33H43FN2O4/c1-6-35(7-2)15-16-40-31-14-9-23(17-29(31)34)22-36(8-3)30-21-33(39-5)32(38-4)20-28(30)26-11-10-25-19-27(37)13-12-24(25)18-26/h9,12-14,17,19-21,26,37H,6-8,10-11,15-16,18,22H2,1-5H3. The Bertz CT molecular complexity index is 1280. The van der Waals surface area contributed by atoms with Crippen molar-refractivity contribution >= 4 is 5.69 Å². The molecule has 0 amide bonds. The molecular formula is C33H43FN2O4. The topological polar surface area (TPSA) is 54.4 Å². The summed E-state index contributed by atoms with van der Waals surface area (Å²) in [5.41, 5.74) is 5.60. The van der Waals surface area contributed by atoms with Crippen LogP contribution in [0.3, 0.4) is 0 Å². The number of halogens is 1. The highest BCUT2D eigenvalue weighted by atomic mass is 19.1. The lowest BCUT2D eigenvalue weighted by Crippen LogP contribution is -2.28. The molecule has 7 heteroatoms. The first-order valence-corrected chi connectivity index (χ1v) is 14.4. The van der Waals surface area contributed by atoms with E-state index in [2.05, 4.69) is 36.6 Å². The lowest BCUT2D eigenvalue weighted by Gasteiger charge is -2.32. The molecule has 1 atom stereocenters. The van der Waals surface area contributed by atoms with Crippen LogP contribution in [0.4, 0.5) is 10.1 Å². The third-order valence-electron chi connectivity index (χ3n) is 8.04. The van der Waals surface area contributed by atoms with Gasteiger partial charge in [-0.1, -0.05) is 26.0 Å². The average molecular weight is 551 g/mol. The summed E-state index contributed by atoms with van der Waals surface area (Å²) in [5, 5.41) is 9.93. The Morgan fingerprint density at radius 3 is 2.30 bits per heavy atom. The summed E-state index contributed by atoms with van der Waals surface area (Å²) < 4.78 is 32.2. The molecule has 216 valence electrons. The first-order valence-electron chi connectivity index (χ1n) is 14.4. The van der Waals surface area contributed by atoms with Gasteiger partial charge < -0.3 is 29.1 Å². The zero-order valence-corrected chi connectivity index (χ0v) is 24.5. The number of rotatable bonds is 13. The van der Waals surface area contributed by atoms with Crippen LogP contribution in [-0.2, 0) is 19.4 Å². The number of hydrogen-bond acceptors (Lipinski definition) is 6. The van der Waals surface area contributed by atoms with Crippen LogP contribution in [0.1, 0.15) is 55.4 Å². The van der Waals surface area contributed by atoms with Crippen LogP contribution in [0.2, 0.25) is 0 Å². The summed E-state index contributed by atoms with van der Waals surface area (Å²) in [5.74, 6) is 1.91. The Balaban J connectivity index is 1.59. The van der Waals surface area contributed by atoms with Crippen molar-refractivity contribution in [3.8, 4) is 23.0 Å². The maximum atomic E-state index is 15.0. The molecule has 3 aromatic rings. The Hall–Kier alpha value is -3.45. The Labute approximate surface area is 238 Å². The van der Waals surface area contributed by atoms with Gasteiger partial charge in [0.1, 0.15) is 12.4 Å². The number of ether oxygens (including phenoxy) is 3. The number of phenols is 1. The quantitative estimate of drug-likeness (QED) is 0.260. The number of aromatic hydroxyl groups is 1. The molecule has 3 aromatic carbocycles. The average Bonchev–Trinajstić information content (AvgIpc) is 2.98. The van der Waals surface area contributed by atoms with Crippen molar-refractivity contribution in [1.29, 1.82) is 0 Å². The molecule has 0 heterocycles. The summed E-state index contributed by atoms with van der Waals surface area (Å²) in [6.07, 6.45) is 2.74. The minimum Gasteiger partial charge on any atom is -0.508 e. The largest absolute Gasteiger partial charge is 0.508 e. The van der Waals surface area contributed by atoms with Gasteiger partial charge in [-0.05, 0) is 97.8 Å². The van der Waals surface area contributed by atoms with E-state index in [9.17, 15) is 5.11 Å². The van der Waals surface area contributed by atoms with E-state index in [0.29, 0.717) is 30.4 Å². The second-order valence-electron chi connectivity index (χ2n) is 10.3. The van der Waals surface area contributed by atoms with Gasteiger partial charge in [-0.2, -0.15) is 0 Å². The van der Waals surface area contributed by atoms with Crippen molar-refractivity contribution in [3.63, 3.8) is 0 Å². The fourth-order valence-electron chi connectivity index (χ4n) is 5.66.